The largest absolute Gasteiger partial charge is 0.489 e. The lowest BCUT2D eigenvalue weighted by Crippen LogP contribution is -2.26. The average Bonchev–Trinajstić information content (AvgIpc) is 3.25. The molecule has 0 bridgehead atoms. The van der Waals surface area contributed by atoms with Crippen molar-refractivity contribution in [2.75, 3.05) is 18.9 Å². The summed E-state index contributed by atoms with van der Waals surface area (Å²) in [5.74, 6) is 0.967. The molecule has 1 aromatic carbocycles. The number of nitriles is 1. The molecular weight excluding hydrogens is 392 g/mol. The Bertz CT molecular complexity index is 1210. The summed E-state index contributed by atoms with van der Waals surface area (Å²) in [7, 11) is 0. The van der Waals surface area contributed by atoms with Crippen molar-refractivity contribution < 1.29 is 9.47 Å². The van der Waals surface area contributed by atoms with Gasteiger partial charge in [-0.15, -0.1) is 0 Å². The van der Waals surface area contributed by atoms with Crippen molar-refractivity contribution in [1.82, 2.24) is 19.9 Å². The molecule has 2 aromatic heterocycles. The number of allylic oxidation sites excluding steroid dienone is 1. The van der Waals surface area contributed by atoms with Crippen LogP contribution in [0.15, 0.2) is 36.9 Å². The molecular formula is C23H20N6O2. The van der Waals surface area contributed by atoms with Crippen LogP contribution < -0.4 is 10.5 Å². The molecule has 0 amide bonds. The second kappa shape index (κ2) is 8.13. The van der Waals surface area contributed by atoms with Crippen LogP contribution in [0.2, 0.25) is 0 Å². The second-order valence-electron chi connectivity index (χ2n) is 7.51. The van der Waals surface area contributed by atoms with Crippen molar-refractivity contribution in [3.63, 3.8) is 0 Å². The smallest absolute Gasteiger partial charge is 0.142 e. The van der Waals surface area contributed by atoms with Crippen LogP contribution in [0.3, 0.4) is 0 Å². The Balaban J connectivity index is 1.48. The molecule has 3 aromatic rings. The number of nitrogens with zero attached hydrogens (tertiary/aromatic N) is 5. The highest BCUT2D eigenvalue weighted by Crippen LogP contribution is 2.36. The lowest BCUT2D eigenvalue weighted by Gasteiger charge is -2.23. The van der Waals surface area contributed by atoms with Gasteiger partial charge in [-0.1, -0.05) is 0 Å². The number of anilines is 1. The number of hydrogen-bond acceptors (Lipinski definition) is 8. The van der Waals surface area contributed by atoms with Crippen LogP contribution >= 0.6 is 0 Å². The minimum atomic E-state index is 0.0694. The summed E-state index contributed by atoms with van der Waals surface area (Å²) in [6.45, 7) is 1.37. The van der Waals surface area contributed by atoms with E-state index in [0.717, 1.165) is 46.6 Å². The molecule has 2 N–H and O–H groups in total. The van der Waals surface area contributed by atoms with E-state index in [2.05, 4.69) is 26.0 Å². The highest BCUT2D eigenvalue weighted by molar-refractivity contribution is 5.91. The number of aromatic nitrogens is 4. The minimum absolute atomic E-state index is 0.0694. The molecule has 31 heavy (non-hydrogen) atoms. The second-order valence-corrected chi connectivity index (χ2v) is 7.51. The van der Waals surface area contributed by atoms with Gasteiger partial charge in [-0.2, -0.15) is 5.26 Å². The molecule has 1 aliphatic carbocycles. The summed E-state index contributed by atoms with van der Waals surface area (Å²) in [6, 6.07) is 7.86. The third kappa shape index (κ3) is 3.83. The van der Waals surface area contributed by atoms with Gasteiger partial charge in [0.15, 0.2) is 0 Å². The first-order valence-electron chi connectivity index (χ1n) is 10.1. The zero-order valence-corrected chi connectivity index (χ0v) is 16.8. The van der Waals surface area contributed by atoms with E-state index in [-0.39, 0.29) is 6.10 Å². The summed E-state index contributed by atoms with van der Waals surface area (Å²) in [5, 5.41) is 9.70. The van der Waals surface area contributed by atoms with E-state index < -0.39 is 0 Å². The van der Waals surface area contributed by atoms with E-state index in [9.17, 15) is 5.26 Å². The Morgan fingerprint density at radius 3 is 2.84 bits per heavy atom. The molecule has 0 atom stereocenters. The first-order chi connectivity index (χ1) is 15.2. The van der Waals surface area contributed by atoms with E-state index in [1.807, 2.05) is 24.3 Å². The Morgan fingerprint density at radius 1 is 1.16 bits per heavy atom. The first kappa shape index (κ1) is 19.2. The van der Waals surface area contributed by atoms with Gasteiger partial charge in [0, 0.05) is 30.4 Å². The van der Waals surface area contributed by atoms with E-state index >= 15 is 0 Å². The van der Waals surface area contributed by atoms with Gasteiger partial charge in [0.25, 0.3) is 0 Å². The fourth-order valence-electron chi connectivity index (χ4n) is 3.90. The number of nitrogen functional groups attached to an aromatic ring is 1. The molecule has 1 fully saturated rings. The molecule has 8 heteroatoms. The van der Waals surface area contributed by atoms with Gasteiger partial charge < -0.3 is 15.2 Å². The van der Waals surface area contributed by atoms with Crippen LogP contribution in [0.25, 0.3) is 22.9 Å². The molecule has 154 valence electrons. The molecule has 5 rings (SSSR count). The van der Waals surface area contributed by atoms with E-state index in [1.165, 1.54) is 6.20 Å². The number of fused-ring (bicyclic) bond motifs is 1. The fourth-order valence-corrected chi connectivity index (χ4v) is 3.90. The Morgan fingerprint density at radius 2 is 2.03 bits per heavy atom. The standard InChI is InChI=1S/C23H20N6O2/c24-10-16-7-14(1-2-21(16)31-17-3-5-30-6-4-17)23-18-8-15(9-19(18)27-13-28-23)20-11-26-12-22(25)29-20/h1-2,7-8,11-13,17H,3-6,9H2,(H2,25,29). The average molecular weight is 412 g/mol. The summed E-state index contributed by atoms with van der Waals surface area (Å²) in [6.07, 6.45) is 9.13. The van der Waals surface area contributed by atoms with Crippen LogP contribution in [-0.4, -0.2) is 39.3 Å². The zero-order valence-electron chi connectivity index (χ0n) is 16.8. The maximum Gasteiger partial charge on any atom is 0.142 e. The zero-order chi connectivity index (χ0) is 21.2. The summed E-state index contributed by atoms with van der Waals surface area (Å²) in [4.78, 5) is 17.4. The van der Waals surface area contributed by atoms with Gasteiger partial charge in [-0.05, 0) is 29.8 Å². The van der Waals surface area contributed by atoms with Crippen molar-refractivity contribution >= 4 is 17.5 Å². The maximum absolute atomic E-state index is 9.70. The van der Waals surface area contributed by atoms with Gasteiger partial charge in [-0.25, -0.2) is 15.0 Å². The Kier molecular flexibility index (Phi) is 5.02. The van der Waals surface area contributed by atoms with Crippen LogP contribution in [-0.2, 0) is 11.2 Å². The van der Waals surface area contributed by atoms with E-state index in [0.29, 0.717) is 36.8 Å². The highest BCUT2D eigenvalue weighted by atomic mass is 16.5. The van der Waals surface area contributed by atoms with Gasteiger partial charge >= 0.3 is 0 Å². The molecule has 3 heterocycles. The van der Waals surface area contributed by atoms with Crippen molar-refractivity contribution in [1.29, 1.82) is 5.26 Å². The van der Waals surface area contributed by atoms with Gasteiger partial charge in [0.05, 0.1) is 48.3 Å². The lowest BCUT2D eigenvalue weighted by atomic mass is 10.0. The predicted octanol–water partition coefficient (Wildman–Crippen LogP) is 3.04. The number of benzene rings is 1. The highest BCUT2D eigenvalue weighted by Gasteiger charge is 2.22. The van der Waals surface area contributed by atoms with E-state index in [4.69, 9.17) is 15.2 Å². The minimum Gasteiger partial charge on any atom is -0.489 e. The summed E-state index contributed by atoms with van der Waals surface area (Å²) >= 11 is 0. The number of ether oxygens (including phenoxy) is 2. The Labute approximate surface area is 179 Å². The molecule has 8 nitrogen and oxygen atoms in total. The number of hydrogen-bond donors (Lipinski definition) is 1. The topological polar surface area (TPSA) is 120 Å². The quantitative estimate of drug-likeness (QED) is 0.694. The van der Waals surface area contributed by atoms with E-state index in [1.54, 1.807) is 12.5 Å². The number of rotatable bonds is 4. The SMILES string of the molecule is N#Cc1cc(-c2ncnc3c2C=C(c2cncc(N)n2)C3)ccc1OC1CCOCC1. The fraction of sp³-hybridized carbons (Fsp3) is 0.261. The number of nitrogens with two attached hydrogens (primary N) is 1. The van der Waals surface area contributed by atoms with Crippen molar-refractivity contribution in [2.24, 2.45) is 0 Å². The molecule has 0 radical (unpaired) electrons. The molecule has 0 unspecified atom stereocenters. The first-order valence-corrected chi connectivity index (χ1v) is 10.1. The van der Waals surface area contributed by atoms with Crippen molar-refractivity contribution in [3.8, 4) is 23.1 Å². The van der Waals surface area contributed by atoms with Crippen LogP contribution in [0.5, 0.6) is 5.75 Å². The van der Waals surface area contributed by atoms with Crippen LogP contribution in [0.4, 0.5) is 5.82 Å². The molecule has 1 aliphatic heterocycles. The third-order valence-electron chi connectivity index (χ3n) is 5.46. The monoisotopic (exact) mass is 412 g/mol. The van der Waals surface area contributed by atoms with Crippen LogP contribution in [0, 0.1) is 11.3 Å². The molecule has 1 saturated heterocycles. The summed E-state index contributed by atoms with van der Waals surface area (Å²) < 4.78 is 11.5. The molecule has 2 aliphatic rings. The normalized spacial score (nSPS) is 15.8. The van der Waals surface area contributed by atoms with Gasteiger partial charge in [0.1, 0.15) is 30.1 Å². The third-order valence-corrected chi connectivity index (χ3v) is 5.46. The van der Waals surface area contributed by atoms with Crippen LogP contribution in [0.1, 0.15) is 35.4 Å². The molecule has 0 spiro atoms. The van der Waals surface area contributed by atoms with Crippen molar-refractivity contribution in [2.45, 2.75) is 25.4 Å². The predicted molar refractivity (Wildman–Crippen MR) is 115 cm³/mol. The Hall–Kier alpha value is -3.83. The van der Waals surface area contributed by atoms with Gasteiger partial charge in [0.2, 0.25) is 0 Å². The maximum atomic E-state index is 9.70. The lowest BCUT2D eigenvalue weighted by molar-refractivity contribution is 0.0254. The van der Waals surface area contributed by atoms with Crippen molar-refractivity contribution in [3.05, 3.63) is 59.4 Å². The summed E-state index contributed by atoms with van der Waals surface area (Å²) in [5.41, 5.74) is 11.4. The molecule has 0 saturated carbocycles. The van der Waals surface area contributed by atoms with Gasteiger partial charge in [-0.3, -0.25) is 4.98 Å².